The normalized spacial score (nSPS) is 10.6. The van der Waals surface area contributed by atoms with E-state index in [4.69, 9.17) is 11.6 Å². The highest BCUT2D eigenvalue weighted by Gasteiger charge is 2.07. The second kappa shape index (κ2) is 7.53. The molecule has 0 bridgehead atoms. The first-order valence-electron chi connectivity index (χ1n) is 8.19. The van der Waals surface area contributed by atoms with Gasteiger partial charge in [0.1, 0.15) is 5.82 Å². The summed E-state index contributed by atoms with van der Waals surface area (Å²) in [6.07, 6.45) is 0. The summed E-state index contributed by atoms with van der Waals surface area (Å²) in [4.78, 5) is 9.08. The van der Waals surface area contributed by atoms with Crippen LogP contribution in [0.3, 0.4) is 0 Å². The lowest BCUT2D eigenvalue weighted by molar-refractivity contribution is 1.06. The zero-order chi connectivity index (χ0) is 17.8. The second-order valence-electron chi connectivity index (χ2n) is 6.05. The fourth-order valence-electron chi connectivity index (χ4n) is 2.67. The van der Waals surface area contributed by atoms with Crippen molar-refractivity contribution < 1.29 is 0 Å². The Balaban J connectivity index is 1.80. The smallest absolute Gasteiger partial charge is 0.229 e. The van der Waals surface area contributed by atoms with Crippen molar-refractivity contribution in [1.82, 2.24) is 9.97 Å². The van der Waals surface area contributed by atoms with E-state index in [9.17, 15) is 0 Å². The highest BCUT2D eigenvalue weighted by Crippen LogP contribution is 2.24. The van der Waals surface area contributed by atoms with E-state index in [0.717, 1.165) is 38.9 Å². The van der Waals surface area contributed by atoms with Gasteiger partial charge < -0.3 is 10.6 Å². The lowest BCUT2D eigenvalue weighted by atomic mass is 10.1. The molecule has 0 fully saturated rings. The number of aryl methyl sites for hydroxylation is 3. The van der Waals surface area contributed by atoms with Crippen molar-refractivity contribution in [2.24, 2.45) is 0 Å². The third kappa shape index (κ3) is 4.28. The van der Waals surface area contributed by atoms with Crippen LogP contribution < -0.4 is 10.6 Å². The zero-order valence-corrected chi connectivity index (χ0v) is 15.4. The van der Waals surface area contributed by atoms with Gasteiger partial charge in [-0.25, -0.2) is 4.98 Å². The molecule has 128 valence electrons. The van der Waals surface area contributed by atoms with Gasteiger partial charge in [-0.05, 0) is 43.5 Å². The molecule has 0 amide bonds. The first-order valence-corrected chi connectivity index (χ1v) is 8.57. The maximum absolute atomic E-state index is 6.21. The fraction of sp³-hybridized carbons (Fsp3) is 0.200. The van der Waals surface area contributed by atoms with Crippen LogP contribution in [0.2, 0.25) is 5.02 Å². The van der Waals surface area contributed by atoms with Gasteiger partial charge in [-0.1, -0.05) is 48.0 Å². The molecular weight excluding hydrogens is 332 g/mol. The predicted octanol–water partition coefficient (Wildman–Crippen LogP) is 5.41. The van der Waals surface area contributed by atoms with Crippen molar-refractivity contribution in [3.63, 3.8) is 0 Å². The Kier molecular flexibility index (Phi) is 5.19. The van der Waals surface area contributed by atoms with Crippen molar-refractivity contribution in [3.05, 3.63) is 75.9 Å². The zero-order valence-electron chi connectivity index (χ0n) is 14.6. The topological polar surface area (TPSA) is 49.8 Å². The molecule has 1 aromatic heterocycles. The Morgan fingerprint density at radius 3 is 2.36 bits per heavy atom. The number of nitrogens with zero attached hydrogens (tertiary/aromatic N) is 2. The number of anilines is 3. The highest BCUT2D eigenvalue weighted by molar-refractivity contribution is 6.31. The van der Waals surface area contributed by atoms with Crippen LogP contribution in [0.25, 0.3) is 0 Å². The summed E-state index contributed by atoms with van der Waals surface area (Å²) in [5.41, 5.74) is 5.30. The van der Waals surface area contributed by atoms with E-state index < -0.39 is 0 Å². The number of benzene rings is 2. The van der Waals surface area contributed by atoms with Crippen molar-refractivity contribution in [2.45, 2.75) is 27.3 Å². The molecule has 0 aliphatic carbocycles. The summed E-state index contributed by atoms with van der Waals surface area (Å²) in [5.74, 6) is 1.35. The number of para-hydroxylation sites is 1. The summed E-state index contributed by atoms with van der Waals surface area (Å²) in [6.45, 7) is 6.71. The van der Waals surface area contributed by atoms with E-state index in [0.29, 0.717) is 12.5 Å². The molecule has 0 saturated carbocycles. The Morgan fingerprint density at radius 2 is 1.64 bits per heavy atom. The Morgan fingerprint density at radius 1 is 0.920 bits per heavy atom. The molecule has 25 heavy (non-hydrogen) atoms. The maximum Gasteiger partial charge on any atom is 0.229 e. The first-order chi connectivity index (χ1) is 12.0. The Bertz CT molecular complexity index is 872. The van der Waals surface area contributed by atoms with E-state index >= 15 is 0 Å². The van der Waals surface area contributed by atoms with Gasteiger partial charge in [0.25, 0.3) is 0 Å². The highest BCUT2D eigenvalue weighted by atomic mass is 35.5. The summed E-state index contributed by atoms with van der Waals surface area (Å²) in [7, 11) is 0. The third-order valence-corrected chi connectivity index (χ3v) is 4.36. The van der Waals surface area contributed by atoms with Crippen LogP contribution in [0, 0.1) is 20.8 Å². The third-order valence-electron chi connectivity index (χ3n) is 3.99. The summed E-state index contributed by atoms with van der Waals surface area (Å²) in [5, 5.41) is 7.41. The average Bonchev–Trinajstić information content (AvgIpc) is 2.57. The lowest BCUT2D eigenvalue weighted by Crippen LogP contribution is -2.07. The second-order valence-corrected chi connectivity index (χ2v) is 6.46. The Labute approximate surface area is 153 Å². The molecule has 2 N–H and O–H groups in total. The predicted molar refractivity (Wildman–Crippen MR) is 105 cm³/mol. The molecule has 0 aliphatic rings. The van der Waals surface area contributed by atoms with Crippen molar-refractivity contribution in [1.29, 1.82) is 0 Å². The molecule has 0 spiro atoms. The van der Waals surface area contributed by atoms with E-state index in [2.05, 4.69) is 46.6 Å². The van der Waals surface area contributed by atoms with Crippen LogP contribution in [0.5, 0.6) is 0 Å². The monoisotopic (exact) mass is 352 g/mol. The van der Waals surface area contributed by atoms with Crippen LogP contribution in [-0.4, -0.2) is 9.97 Å². The molecule has 0 radical (unpaired) electrons. The van der Waals surface area contributed by atoms with Crippen LogP contribution >= 0.6 is 11.6 Å². The summed E-state index contributed by atoms with van der Waals surface area (Å²) in [6, 6.07) is 15.9. The van der Waals surface area contributed by atoms with E-state index in [1.807, 2.05) is 43.3 Å². The van der Waals surface area contributed by atoms with Gasteiger partial charge in [0, 0.05) is 29.0 Å². The minimum atomic E-state index is 0.582. The quantitative estimate of drug-likeness (QED) is 0.644. The maximum atomic E-state index is 6.21. The fourth-order valence-corrected chi connectivity index (χ4v) is 2.87. The lowest BCUT2D eigenvalue weighted by Gasteiger charge is -2.13. The standard InChI is InChI=1S/C20H21ClN4/c1-13-7-6-8-14(2)19(13)25-20-23-15(3)11-18(24-20)22-12-16-9-4-5-10-17(16)21/h4-11H,12H2,1-3H3,(H2,22,23,24,25). The molecule has 3 rings (SSSR count). The van der Waals surface area contributed by atoms with Crippen LogP contribution in [0.4, 0.5) is 17.5 Å². The van der Waals surface area contributed by atoms with Crippen LogP contribution in [-0.2, 0) is 6.54 Å². The van der Waals surface area contributed by atoms with Crippen molar-refractivity contribution in [2.75, 3.05) is 10.6 Å². The average molecular weight is 353 g/mol. The summed E-state index contributed by atoms with van der Waals surface area (Å²) >= 11 is 6.21. The molecule has 3 aromatic rings. The van der Waals surface area contributed by atoms with Gasteiger partial charge in [-0.2, -0.15) is 4.98 Å². The van der Waals surface area contributed by atoms with Gasteiger partial charge in [-0.3, -0.25) is 0 Å². The minimum Gasteiger partial charge on any atom is -0.366 e. The van der Waals surface area contributed by atoms with E-state index in [-0.39, 0.29) is 0 Å². The molecule has 0 saturated heterocycles. The van der Waals surface area contributed by atoms with E-state index in [1.165, 1.54) is 0 Å². The Hall–Kier alpha value is -2.59. The van der Waals surface area contributed by atoms with Crippen LogP contribution in [0.1, 0.15) is 22.4 Å². The number of rotatable bonds is 5. The number of nitrogens with one attached hydrogen (secondary N) is 2. The van der Waals surface area contributed by atoms with Gasteiger partial charge in [0.05, 0.1) is 0 Å². The summed E-state index contributed by atoms with van der Waals surface area (Å²) < 4.78 is 0. The molecule has 0 aliphatic heterocycles. The van der Waals surface area contributed by atoms with Gasteiger partial charge in [0.15, 0.2) is 0 Å². The SMILES string of the molecule is Cc1cc(NCc2ccccc2Cl)nc(Nc2c(C)cccc2C)n1. The molecule has 4 nitrogen and oxygen atoms in total. The molecule has 5 heteroatoms. The van der Waals surface area contributed by atoms with Crippen LogP contribution in [0.15, 0.2) is 48.5 Å². The van der Waals surface area contributed by atoms with Crippen molar-refractivity contribution >= 4 is 29.1 Å². The van der Waals surface area contributed by atoms with Gasteiger partial charge in [-0.15, -0.1) is 0 Å². The molecular formula is C20H21ClN4. The number of aromatic nitrogens is 2. The number of hydrogen-bond acceptors (Lipinski definition) is 4. The molecule has 0 unspecified atom stereocenters. The van der Waals surface area contributed by atoms with E-state index in [1.54, 1.807) is 0 Å². The number of hydrogen-bond donors (Lipinski definition) is 2. The minimum absolute atomic E-state index is 0.582. The largest absolute Gasteiger partial charge is 0.366 e. The van der Waals surface area contributed by atoms with Crippen molar-refractivity contribution in [3.8, 4) is 0 Å². The molecule has 2 aromatic carbocycles. The van der Waals surface area contributed by atoms with Gasteiger partial charge in [0.2, 0.25) is 5.95 Å². The molecule has 1 heterocycles. The van der Waals surface area contributed by atoms with Gasteiger partial charge >= 0.3 is 0 Å². The molecule has 0 atom stereocenters. The number of halogens is 1. The first kappa shape index (κ1) is 17.2.